The van der Waals surface area contributed by atoms with Gasteiger partial charge in [-0.1, -0.05) is 12.2 Å². The molecule has 1 aliphatic carbocycles. The van der Waals surface area contributed by atoms with E-state index in [-0.39, 0.29) is 73.2 Å². The molecule has 1 rings (SSSR count). The van der Waals surface area contributed by atoms with E-state index in [1.165, 1.54) is 6.42 Å². The zero-order chi connectivity index (χ0) is 7.56. The zero-order valence-electron chi connectivity index (χ0n) is 6.78. The third-order valence-corrected chi connectivity index (χ3v) is 1.67. The first-order chi connectivity index (χ1) is 4.75. The number of hydrogen-bond acceptors (Lipinski definition) is 3. The van der Waals surface area contributed by atoms with Gasteiger partial charge in [-0.05, 0) is 0 Å². The summed E-state index contributed by atoms with van der Waals surface area (Å²) in [6.07, 6.45) is 3.14. The van der Waals surface area contributed by atoms with Crippen LogP contribution in [0.5, 0.6) is 0 Å². The van der Waals surface area contributed by atoms with Crippen LogP contribution in [0.15, 0.2) is 12.2 Å². The van der Waals surface area contributed by atoms with Crippen molar-refractivity contribution < 1.29 is 76.0 Å². The van der Waals surface area contributed by atoms with Crippen molar-refractivity contribution in [1.29, 1.82) is 0 Å². The van der Waals surface area contributed by atoms with Gasteiger partial charge >= 0.3 is 0 Å². The topological polar surface area (TPSA) is 60.7 Å². The molecule has 3 N–H and O–H groups in total. The van der Waals surface area contributed by atoms with Crippen molar-refractivity contribution in [3.05, 3.63) is 18.6 Å². The molecule has 0 aromatic heterocycles. The van der Waals surface area contributed by atoms with Crippen molar-refractivity contribution in [2.24, 2.45) is 5.92 Å². The molecular weight excluding hydrogens is 551 g/mol. The van der Waals surface area contributed by atoms with Crippen LogP contribution in [-0.4, -0.2) is 34.1 Å². The Bertz CT molecular complexity index is 146. The Morgan fingerprint density at radius 1 is 1.15 bits per heavy atom. The quantitative estimate of drug-likeness (QED) is 0.389. The van der Waals surface area contributed by atoms with Crippen LogP contribution in [0.25, 0.3) is 0 Å². The molecule has 0 saturated heterocycles. The molecule has 0 aromatic rings. The molecular formula is C7H11O3VW2. The van der Waals surface area contributed by atoms with E-state index in [9.17, 15) is 0 Å². The van der Waals surface area contributed by atoms with Crippen LogP contribution in [0, 0.1) is 12.3 Å². The maximum atomic E-state index is 9.14. The molecule has 0 aliphatic heterocycles. The molecule has 0 aromatic carbocycles. The summed E-state index contributed by atoms with van der Waals surface area (Å²) >= 11 is 0. The summed E-state index contributed by atoms with van der Waals surface area (Å²) in [5.74, 6) is -0.319. The van der Waals surface area contributed by atoms with Crippen LogP contribution in [0.1, 0.15) is 0 Å². The molecule has 1 aliphatic rings. The molecule has 0 bridgehead atoms. The first-order valence-corrected chi connectivity index (χ1v) is 3.24. The van der Waals surface area contributed by atoms with Gasteiger partial charge in [0.25, 0.3) is 0 Å². The van der Waals surface area contributed by atoms with E-state index in [1.807, 2.05) is 0 Å². The first-order valence-electron chi connectivity index (χ1n) is 3.24. The largest absolute Gasteiger partial charge is 0.396 e. The fraction of sp³-hybridized carbons (Fsp3) is 0.571. The summed E-state index contributed by atoms with van der Waals surface area (Å²) in [4.78, 5) is 0. The molecule has 0 amide bonds. The van der Waals surface area contributed by atoms with Crippen molar-refractivity contribution >= 4 is 0 Å². The Labute approximate surface area is 118 Å². The van der Waals surface area contributed by atoms with Crippen LogP contribution in [0.3, 0.4) is 0 Å². The van der Waals surface area contributed by atoms with Gasteiger partial charge in [-0.3, -0.25) is 0 Å². The minimum absolute atomic E-state index is 0. The maximum Gasteiger partial charge on any atom is 0.0889 e. The van der Waals surface area contributed by atoms with Crippen molar-refractivity contribution in [2.45, 2.75) is 12.2 Å². The second-order valence-corrected chi connectivity index (χ2v) is 2.40. The van der Waals surface area contributed by atoms with Crippen molar-refractivity contribution in [2.75, 3.05) is 6.61 Å². The average Bonchev–Trinajstić information content (AvgIpc) is 1.95. The predicted octanol–water partition coefficient (Wildman–Crippen LogP) is -0.917. The summed E-state index contributed by atoms with van der Waals surface area (Å²) in [5.41, 5.74) is 0. The second-order valence-electron chi connectivity index (χ2n) is 2.40. The van der Waals surface area contributed by atoms with Crippen LogP contribution in [0.2, 0.25) is 0 Å². The molecule has 2 radical (unpaired) electrons. The smallest absolute Gasteiger partial charge is 0.0889 e. The normalized spacial score (nSPS) is 30.8. The fourth-order valence-electron chi connectivity index (χ4n) is 0.971. The van der Waals surface area contributed by atoms with Gasteiger partial charge in [0.2, 0.25) is 0 Å². The Hall–Kier alpha value is 1.58. The minimum Gasteiger partial charge on any atom is -0.396 e. The fourth-order valence-corrected chi connectivity index (χ4v) is 0.971. The van der Waals surface area contributed by atoms with E-state index in [0.29, 0.717) is 0 Å². The van der Waals surface area contributed by atoms with Crippen LogP contribution >= 0.6 is 0 Å². The van der Waals surface area contributed by atoms with Gasteiger partial charge in [0, 0.05) is 73.0 Å². The second kappa shape index (κ2) is 10.1. The van der Waals surface area contributed by atoms with Gasteiger partial charge in [0.1, 0.15) is 0 Å². The number of hydrogen-bond donors (Lipinski definition) is 3. The van der Waals surface area contributed by atoms with Gasteiger partial charge in [-0.2, -0.15) is 0 Å². The average molecular weight is 562 g/mol. The van der Waals surface area contributed by atoms with Gasteiger partial charge in [-0.15, -0.1) is 0 Å². The SMILES string of the molecule is OCC1C=C[CH]C(O)C1O.[V].[W].[W]. The molecule has 13 heavy (non-hydrogen) atoms. The van der Waals surface area contributed by atoms with E-state index in [2.05, 4.69) is 0 Å². The molecule has 74 valence electrons. The summed E-state index contributed by atoms with van der Waals surface area (Å²) in [6.45, 7) is -0.122. The van der Waals surface area contributed by atoms with Crippen molar-refractivity contribution in [3.8, 4) is 0 Å². The van der Waals surface area contributed by atoms with Crippen LogP contribution in [-0.2, 0) is 60.7 Å². The zero-order valence-corrected chi connectivity index (χ0v) is 14.0. The molecule has 3 atom stereocenters. The molecule has 0 saturated carbocycles. The van der Waals surface area contributed by atoms with Crippen LogP contribution < -0.4 is 0 Å². The van der Waals surface area contributed by atoms with E-state index in [0.717, 1.165) is 0 Å². The van der Waals surface area contributed by atoms with Gasteiger partial charge in [0.05, 0.1) is 18.8 Å². The van der Waals surface area contributed by atoms with Gasteiger partial charge in [-0.25, -0.2) is 0 Å². The third kappa shape index (κ3) is 5.89. The van der Waals surface area contributed by atoms with Crippen molar-refractivity contribution in [3.63, 3.8) is 0 Å². The molecule has 3 nitrogen and oxygen atoms in total. The van der Waals surface area contributed by atoms with E-state index < -0.39 is 12.2 Å². The van der Waals surface area contributed by atoms with E-state index >= 15 is 0 Å². The van der Waals surface area contributed by atoms with E-state index in [1.54, 1.807) is 12.2 Å². The summed E-state index contributed by atoms with van der Waals surface area (Å²) in [6, 6.07) is 0. The Kier molecular flexibility index (Phi) is 15.6. The first kappa shape index (κ1) is 20.1. The molecule has 0 spiro atoms. The number of aliphatic hydroxyl groups excluding tert-OH is 3. The van der Waals surface area contributed by atoms with Crippen molar-refractivity contribution in [1.82, 2.24) is 0 Å². The van der Waals surface area contributed by atoms with E-state index in [4.69, 9.17) is 15.3 Å². The molecule has 0 heterocycles. The predicted molar refractivity (Wildman–Crippen MR) is 36.0 cm³/mol. The van der Waals surface area contributed by atoms with Crippen LogP contribution in [0.4, 0.5) is 0 Å². The number of rotatable bonds is 1. The minimum atomic E-state index is -0.852. The summed E-state index contributed by atoms with van der Waals surface area (Å²) < 4.78 is 0. The molecule has 0 fully saturated rings. The third-order valence-electron chi connectivity index (χ3n) is 1.67. The van der Waals surface area contributed by atoms with Gasteiger partial charge < -0.3 is 15.3 Å². The number of aliphatic hydroxyl groups is 3. The summed E-state index contributed by atoms with van der Waals surface area (Å²) in [5, 5.41) is 26.8. The maximum absolute atomic E-state index is 9.14. The molecule has 3 unspecified atom stereocenters. The Morgan fingerprint density at radius 2 is 1.69 bits per heavy atom. The Morgan fingerprint density at radius 3 is 2.08 bits per heavy atom. The molecule has 6 heteroatoms. The standard InChI is InChI=1S/C7H11O3.V.2W/c8-4-5-2-1-3-6(9)7(5)10;;;/h1-3,5-10H,4H2;;;. The monoisotopic (exact) mass is 562 g/mol. The van der Waals surface area contributed by atoms with Gasteiger partial charge in [0.15, 0.2) is 0 Å². The summed E-state index contributed by atoms with van der Waals surface area (Å²) in [7, 11) is 0. The Balaban J connectivity index is -0.000000333.